The molecule has 1 aromatic heterocycles. The van der Waals surface area contributed by atoms with Crippen LogP contribution in [-0.2, 0) is 0 Å². The molecule has 0 saturated carbocycles. The molecular weight excluding hydrogens is 276 g/mol. The fourth-order valence-corrected chi connectivity index (χ4v) is 2.65. The number of rotatable bonds is 2. The first kappa shape index (κ1) is 14.5. The third-order valence-corrected chi connectivity index (χ3v) is 3.96. The third kappa shape index (κ3) is 2.66. The number of carbonyl (C=O) groups excluding carboxylic acids is 1. The third-order valence-electron chi connectivity index (χ3n) is 3.96. The Balaban J connectivity index is 1.99. The van der Waals surface area contributed by atoms with Crippen molar-refractivity contribution in [2.45, 2.75) is 26.8 Å². The first-order valence-electron chi connectivity index (χ1n) is 7.53. The van der Waals surface area contributed by atoms with Gasteiger partial charge in [0.15, 0.2) is 0 Å². The number of carbonyl (C=O) groups is 1. The van der Waals surface area contributed by atoms with Crippen LogP contribution in [-0.4, -0.2) is 28.5 Å². The van der Waals surface area contributed by atoms with Crippen molar-refractivity contribution in [1.29, 1.82) is 0 Å². The highest BCUT2D eigenvalue weighted by Gasteiger charge is 2.30. The molecule has 2 aromatic rings. The Bertz CT molecular complexity index is 699. The summed E-state index contributed by atoms with van der Waals surface area (Å²) in [5.74, 6) is 0.954. The largest absolute Gasteiger partial charge is 0.379 e. The fourth-order valence-electron chi connectivity index (χ4n) is 2.65. The maximum absolute atomic E-state index is 12.9. The van der Waals surface area contributed by atoms with Crippen LogP contribution >= 0.6 is 0 Å². The van der Waals surface area contributed by atoms with Crippen LogP contribution in [0.3, 0.4) is 0 Å². The summed E-state index contributed by atoms with van der Waals surface area (Å²) in [6.45, 7) is 6.74. The molecule has 1 unspecified atom stereocenters. The number of hydrogen-bond donors (Lipinski definition) is 1. The van der Waals surface area contributed by atoms with Gasteiger partial charge in [-0.1, -0.05) is 26.0 Å². The highest BCUT2D eigenvalue weighted by Crippen LogP contribution is 2.33. The lowest BCUT2D eigenvalue weighted by atomic mass is 9.99. The molecule has 1 atom stereocenters. The lowest BCUT2D eigenvalue weighted by Crippen LogP contribution is -2.47. The van der Waals surface area contributed by atoms with Crippen molar-refractivity contribution in [1.82, 2.24) is 9.97 Å². The summed E-state index contributed by atoms with van der Waals surface area (Å²) >= 11 is 0. The predicted octanol–water partition coefficient (Wildman–Crippen LogP) is 2.88. The average molecular weight is 296 g/mol. The number of hydrogen-bond acceptors (Lipinski definition) is 4. The molecule has 0 bridgehead atoms. The summed E-state index contributed by atoms with van der Waals surface area (Å²) in [6.07, 6.45) is 1.63. The lowest BCUT2D eigenvalue weighted by Gasteiger charge is -2.37. The van der Waals surface area contributed by atoms with E-state index in [2.05, 4.69) is 29.1 Å². The zero-order valence-corrected chi connectivity index (χ0v) is 13.1. The number of para-hydroxylation sites is 2. The normalized spacial score (nSPS) is 17.1. The van der Waals surface area contributed by atoms with Gasteiger partial charge in [-0.25, -0.2) is 9.97 Å². The Hall–Kier alpha value is -2.43. The van der Waals surface area contributed by atoms with E-state index in [0.717, 1.165) is 11.4 Å². The highest BCUT2D eigenvalue weighted by molar-refractivity contribution is 6.07. The maximum atomic E-state index is 12.9. The van der Waals surface area contributed by atoms with Gasteiger partial charge in [-0.15, -0.1) is 0 Å². The van der Waals surface area contributed by atoms with E-state index in [1.165, 1.54) is 0 Å². The Morgan fingerprint density at radius 1 is 1.32 bits per heavy atom. The molecule has 114 valence electrons. The molecule has 0 radical (unpaired) electrons. The summed E-state index contributed by atoms with van der Waals surface area (Å²) in [6, 6.07) is 9.79. The van der Waals surface area contributed by atoms with Crippen LogP contribution in [0.25, 0.3) is 0 Å². The topological polar surface area (TPSA) is 58.1 Å². The summed E-state index contributed by atoms with van der Waals surface area (Å²) in [4.78, 5) is 23.0. The molecule has 2 heterocycles. The van der Waals surface area contributed by atoms with Crippen LogP contribution in [0.15, 0.2) is 36.5 Å². The average Bonchev–Trinajstić information content (AvgIpc) is 2.53. The molecule has 3 rings (SSSR count). The Morgan fingerprint density at radius 3 is 2.82 bits per heavy atom. The quantitative estimate of drug-likeness (QED) is 0.925. The molecule has 5 heteroatoms. The molecule has 5 nitrogen and oxygen atoms in total. The monoisotopic (exact) mass is 296 g/mol. The number of benzene rings is 1. The van der Waals surface area contributed by atoms with Gasteiger partial charge in [0.1, 0.15) is 11.5 Å². The number of aryl methyl sites for hydroxylation is 1. The Morgan fingerprint density at radius 2 is 2.09 bits per heavy atom. The van der Waals surface area contributed by atoms with Gasteiger partial charge in [-0.05, 0) is 31.0 Å². The number of nitrogens with zero attached hydrogens (tertiary/aromatic N) is 3. The molecular formula is C17H20N4O. The SMILES string of the molecule is Cc1nccc(C(=O)N2CC(C(C)C)Nc3ccccc32)n1. The van der Waals surface area contributed by atoms with Crippen molar-refractivity contribution >= 4 is 17.3 Å². The van der Waals surface area contributed by atoms with E-state index in [0.29, 0.717) is 24.0 Å². The lowest BCUT2D eigenvalue weighted by molar-refractivity contribution is 0.0978. The molecule has 1 amide bonds. The molecule has 1 N–H and O–H groups in total. The first-order chi connectivity index (χ1) is 10.6. The number of nitrogens with one attached hydrogen (secondary N) is 1. The van der Waals surface area contributed by atoms with Gasteiger partial charge in [0, 0.05) is 18.8 Å². The molecule has 0 spiro atoms. The molecule has 1 aliphatic rings. The zero-order valence-electron chi connectivity index (χ0n) is 13.1. The molecule has 22 heavy (non-hydrogen) atoms. The van der Waals surface area contributed by atoms with Crippen molar-refractivity contribution in [3.63, 3.8) is 0 Å². The first-order valence-corrected chi connectivity index (χ1v) is 7.53. The van der Waals surface area contributed by atoms with Crippen molar-refractivity contribution in [2.24, 2.45) is 5.92 Å². The number of anilines is 2. The minimum atomic E-state index is -0.0786. The Kier molecular flexibility index (Phi) is 3.79. The van der Waals surface area contributed by atoms with E-state index < -0.39 is 0 Å². The van der Waals surface area contributed by atoms with Gasteiger partial charge < -0.3 is 10.2 Å². The van der Waals surface area contributed by atoms with E-state index in [1.54, 1.807) is 19.2 Å². The van der Waals surface area contributed by atoms with Crippen LogP contribution in [0.2, 0.25) is 0 Å². The van der Waals surface area contributed by atoms with Crippen molar-refractivity contribution in [2.75, 3.05) is 16.8 Å². The van der Waals surface area contributed by atoms with Gasteiger partial charge in [0.05, 0.1) is 11.4 Å². The van der Waals surface area contributed by atoms with E-state index in [1.807, 2.05) is 29.2 Å². The minimum Gasteiger partial charge on any atom is -0.379 e. The van der Waals surface area contributed by atoms with Gasteiger partial charge in [-0.2, -0.15) is 0 Å². The van der Waals surface area contributed by atoms with Gasteiger partial charge in [-0.3, -0.25) is 4.79 Å². The Labute approximate surface area is 130 Å². The molecule has 1 aromatic carbocycles. The van der Waals surface area contributed by atoms with Crippen molar-refractivity contribution in [3.8, 4) is 0 Å². The van der Waals surface area contributed by atoms with E-state index in [4.69, 9.17) is 0 Å². The second-order valence-corrected chi connectivity index (χ2v) is 5.92. The summed E-state index contributed by atoms with van der Waals surface area (Å²) in [5.41, 5.74) is 2.33. The van der Waals surface area contributed by atoms with Crippen LogP contribution in [0.1, 0.15) is 30.2 Å². The zero-order chi connectivity index (χ0) is 15.7. The standard InChI is InChI=1S/C17H20N4O/c1-11(2)15-10-21(16-7-5-4-6-13(16)20-15)17(22)14-8-9-18-12(3)19-14/h4-9,11,15,20H,10H2,1-3H3. The number of fused-ring (bicyclic) bond motifs is 1. The van der Waals surface area contributed by atoms with Crippen molar-refractivity contribution in [3.05, 3.63) is 48.0 Å². The summed E-state index contributed by atoms with van der Waals surface area (Å²) in [7, 11) is 0. The van der Waals surface area contributed by atoms with E-state index in [9.17, 15) is 4.79 Å². The predicted molar refractivity (Wildman–Crippen MR) is 87.1 cm³/mol. The molecule has 0 fully saturated rings. The smallest absolute Gasteiger partial charge is 0.277 e. The van der Waals surface area contributed by atoms with Gasteiger partial charge >= 0.3 is 0 Å². The summed E-state index contributed by atoms with van der Waals surface area (Å²) in [5, 5.41) is 3.52. The van der Waals surface area contributed by atoms with Crippen molar-refractivity contribution < 1.29 is 4.79 Å². The van der Waals surface area contributed by atoms with Gasteiger partial charge in [0.25, 0.3) is 5.91 Å². The van der Waals surface area contributed by atoms with Gasteiger partial charge in [0.2, 0.25) is 0 Å². The maximum Gasteiger partial charge on any atom is 0.277 e. The second kappa shape index (κ2) is 5.75. The van der Waals surface area contributed by atoms with Crippen LogP contribution in [0, 0.1) is 12.8 Å². The minimum absolute atomic E-state index is 0.0786. The number of amides is 1. The molecule has 1 aliphatic heterocycles. The fraction of sp³-hybridized carbons (Fsp3) is 0.353. The van der Waals surface area contributed by atoms with E-state index in [-0.39, 0.29) is 11.9 Å². The summed E-state index contributed by atoms with van der Waals surface area (Å²) < 4.78 is 0. The molecule has 0 aliphatic carbocycles. The van der Waals surface area contributed by atoms with Crippen LogP contribution < -0.4 is 10.2 Å². The van der Waals surface area contributed by atoms with Crippen LogP contribution in [0.4, 0.5) is 11.4 Å². The van der Waals surface area contributed by atoms with E-state index >= 15 is 0 Å². The van der Waals surface area contributed by atoms with Crippen LogP contribution in [0.5, 0.6) is 0 Å². The highest BCUT2D eigenvalue weighted by atomic mass is 16.2. The molecule has 0 saturated heterocycles. The number of aromatic nitrogens is 2. The second-order valence-electron chi connectivity index (χ2n) is 5.92.